The number of carbonyl (C=O) groups excluding carboxylic acids is 1. The Labute approximate surface area is 131 Å². The van der Waals surface area contributed by atoms with Crippen LogP contribution in [0.15, 0.2) is 24.3 Å². The zero-order valence-electron chi connectivity index (χ0n) is 12.5. The number of aromatic nitrogens is 3. The van der Waals surface area contributed by atoms with Crippen LogP contribution >= 0.6 is 0 Å². The highest BCUT2D eigenvalue weighted by Gasteiger charge is 2.25. The molecule has 0 saturated heterocycles. The lowest BCUT2D eigenvalue weighted by atomic mass is 10.1. The first kappa shape index (κ1) is 16.1. The zero-order chi connectivity index (χ0) is 17.0. The van der Waals surface area contributed by atoms with E-state index in [9.17, 15) is 14.4 Å². The van der Waals surface area contributed by atoms with Gasteiger partial charge in [-0.05, 0) is 12.1 Å². The van der Waals surface area contributed by atoms with Crippen LogP contribution in [0.2, 0.25) is 0 Å². The van der Waals surface area contributed by atoms with Crippen LogP contribution in [0.1, 0.15) is 11.7 Å². The maximum atomic E-state index is 13.6. The normalized spacial score (nSPS) is 11.4. The van der Waals surface area contributed by atoms with Crippen LogP contribution < -0.4 is 16.0 Å². The Morgan fingerprint density at radius 1 is 1.35 bits per heavy atom. The van der Waals surface area contributed by atoms with Gasteiger partial charge in [0, 0.05) is 14.1 Å². The first-order chi connectivity index (χ1) is 10.9. The van der Waals surface area contributed by atoms with E-state index < -0.39 is 17.6 Å². The Hall–Kier alpha value is -3.28. The van der Waals surface area contributed by atoms with Crippen molar-refractivity contribution < 1.29 is 9.18 Å². The number of nitrogen functional groups attached to an aromatic ring is 1. The fraction of sp³-hybridized carbons (Fsp3) is 0.214. The van der Waals surface area contributed by atoms with E-state index in [1.165, 1.54) is 18.2 Å². The van der Waals surface area contributed by atoms with Crippen LogP contribution in [0.4, 0.5) is 22.0 Å². The number of para-hydroxylation sites is 1. The minimum atomic E-state index is -1.35. The number of rotatable bonds is 4. The average Bonchev–Trinajstić information content (AvgIpc) is 2.49. The molecule has 0 aliphatic heterocycles. The zero-order valence-corrected chi connectivity index (χ0v) is 12.5. The highest BCUT2D eigenvalue weighted by atomic mass is 19.1. The quantitative estimate of drug-likeness (QED) is 0.859. The monoisotopic (exact) mass is 315 g/mol. The third-order valence-corrected chi connectivity index (χ3v) is 2.84. The number of carbonyl (C=O) groups is 1. The van der Waals surface area contributed by atoms with Gasteiger partial charge in [-0.25, -0.2) is 4.39 Å². The van der Waals surface area contributed by atoms with Crippen LogP contribution in [-0.4, -0.2) is 35.0 Å². The molecule has 1 unspecified atom stereocenters. The molecule has 1 heterocycles. The minimum Gasteiger partial charge on any atom is -0.368 e. The van der Waals surface area contributed by atoms with Gasteiger partial charge >= 0.3 is 0 Å². The predicted molar refractivity (Wildman–Crippen MR) is 82.0 cm³/mol. The summed E-state index contributed by atoms with van der Waals surface area (Å²) in [7, 11) is 3.36. The highest BCUT2D eigenvalue weighted by Crippen LogP contribution is 2.19. The molecule has 118 valence electrons. The van der Waals surface area contributed by atoms with Crippen molar-refractivity contribution in [3.05, 3.63) is 35.9 Å². The topological polar surface area (TPSA) is 121 Å². The summed E-state index contributed by atoms with van der Waals surface area (Å²) in [5.74, 6) is -2.71. The predicted octanol–water partition coefficient (Wildman–Crippen LogP) is 0.905. The van der Waals surface area contributed by atoms with E-state index in [0.717, 1.165) is 0 Å². The van der Waals surface area contributed by atoms with Crippen molar-refractivity contribution in [2.75, 3.05) is 30.0 Å². The maximum absolute atomic E-state index is 13.6. The lowest BCUT2D eigenvalue weighted by molar-refractivity contribution is -0.116. The second-order valence-corrected chi connectivity index (χ2v) is 4.78. The highest BCUT2D eigenvalue weighted by molar-refractivity contribution is 5.97. The molecule has 0 fully saturated rings. The van der Waals surface area contributed by atoms with Gasteiger partial charge in [0.05, 0.1) is 11.8 Å². The minimum absolute atomic E-state index is 0.0346. The number of benzene rings is 1. The maximum Gasteiger partial charge on any atom is 0.249 e. The van der Waals surface area contributed by atoms with E-state index >= 15 is 0 Å². The lowest BCUT2D eigenvalue weighted by Gasteiger charge is -2.14. The molecule has 0 bridgehead atoms. The SMILES string of the molecule is CN(C)c1nc(N)nc(C(C#N)C(=O)Nc2ccccc2F)n1. The number of anilines is 3. The molecule has 1 amide bonds. The van der Waals surface area contributed by atoms with Crippen LogP contribution in [0.25, 0.3) is 0 Å². The number of nitrogens with zero attached hydrogens (tertiary/aromatic N) is 5. The molecule has 0 spiro atoms. The van der Waals surface area contributed by atoms with Crippen molar-refractivity contribution in [1.82, 2.24) is 15.0 Å². The van der Waals surface area contributed by atoms with Crippen molar-refractivity contribution in [2.24, 2.45) is 0 Å². The molecule has 1 aromatic heterocycles. The standard InChI is InChI=1S/C14H14FN7O/c1-22(2)14-20-11(19-13(17)21-14)8(7-16)12(23)18-10-6-4-3-5-9(10)15/h3-6,8H,1-2H3,(H,18,23)(H2,17,19,20,21). The molecule has 0 radical (unpaired) electrons. The lowest BCUT2D eigenvalue weighted by Crippen LogP contribution is -2.24. The van der Waals surface area contributed by atoms with E-state index in [4.69, 9.17) is 5.73 Å². The third-order valence-electron chi connectivity index (χ3n) is 2.84. The third kappa shape index (κ3) is 3.68. The Kier molecular flexibility index (Phi) is 4.66. The largest absolute Gasteiger partial charge is 0.368 e. The van der Waals surface area contributed by atoms with E-state index in [0.29, 0.717) is 0 Å². The summed E-state index contributed by atoms with van der Waals surface area (Å²) < 4.78 is 13.6. The average molecular weight is 315 g/mol. The molecule has 3 N–H and O–H groups in total. The number of amides is 1. The summed E-state index contributed by atoms with van der Waals surface area (Å²) in [5.41, 5.74) is 5.54. The Morgan fingerprint density at radius 2 is 2.04 bits per heavy atom. The smallest absolute Gasteiger partial charge is 0.249 e. The fourth-order valence-electron chi connectivity index (χ4n) is 1.73. The molecular weight excluding hydrogens is 301 g/mol. The molecule has 2 aromatic rings. The van der Waals surface area contributed by atoms with Crippen LogP contribution in [0, 0.1) is 17.1 Å². The second-order valence-electron chi connectivity index (χ2n) is 4.78. The van der Waals surface area contributed by atoms with Gasteiger partial charge in [0.15, 0.2) is 11.7 Å². The number of hydrogen-bond donors (Lipinski definition) is 2. The fourth-order valence-corrected chi connectivity index (χ4v) is 1.73. The van der Waals surface area contributed by atoms with Crippen LogP contribution in [-0.2, 0) is 4.79 Å². The molecular formula is C14H14FN7O. The van der Waals surface area contributed by atoms with Crippen molar-refractivity contribution in [3.63, 3.8) is 0 Å². The van der Waals surface area contributed by atoms with Gasteiger partial charge in [-0.1, -0.05) is 12.1 Å². The van der Waals surface area contributed by atoms with E-state index in [-0.39, 0.29) is 23.4 Å². The van der Waals surface area contributed by atoms with Gasteiger partial charge in [0.2, 0.25) is 17.8 Å². The van der Waals surface area contributed by atoms with Crippen molar-refractivity contribution in [1.29, 1.82) is 5.26 Å². The second kappa shape index (κ2) is 6.65. The molecule has 9 heteroatoms. The van der Waals surface area contributed by atoms with Crippen molar-refractivity contribution in [3.8, 4) is 6.07 Å². The summed E-state index contributed by atoms with van der Waals surface area (Å²) in [6.07, 6.45) is 0. The first-order valence-corrected chi connectivity index (χ1v) is 6.56. The van der Waals surface area contributed by atoms with Crippen molar-refractivity contribution >= 4 is 23.5 Å². The Morgan fingerprint density at radius 3 is 2.65 bits per heavy atom. The van der Waals surface area contributed by atoms with Crippen molar-refractivity contribution in [2.45, 2.75) is 5.92 Å². The Bertz CT molecular complexity index is 772. The van der Waals surface area contributed by atoms with Gasteiger partial charge < -0.3 is 16.0 Å². The molecule has 1 atom stereocenters. The number of hydrogen-bond acceptors (Lipinski definition) is 7. The molecule has 0 saturated carbocycles. The summed E-state index contributed by atoms with van der Waals surface area (Å²) in [4.78, 5) is 25.5. The summed E-state index contributed by atoms with van der Waals surface area (Å²) >= 11 is 0. The summed E-state index contributed by atoms with van der Waals surface area (Å²) in [6, 6.07) is 7.42. The molecule has 0 aliphatic carbocycles. The number of nitriles is 1. The Balaban J connectivity index is 2.31. The number of halogens is 1. The van der Waals surface area contributed by atoms with E-state index in [2.05, 4.69) is 20.3 Å². The first-order valence-electron chi connectivity index (χ1n) is 6.56. The summed E-state index contributed by atoms with van der Waals surface area (Å²) in [6.45, 7) is 0. The molecule has 0 aliphatic rings. The van der Waals surface area contributed by atoms with E-state index in [1.54, 1.807) is 31.1 Å². The van der Waals surface area contributed by atoms with Crippen LogP contribution in [0.3, 0.4) is 0 Å². The van der Waals surface area contributed by atoms with Gasteiger partial charge in [-0.15, -0.1) is 0 Å². The van der Waals surface area contributed by atoms with Crippen LogP contribution in [0.5, 0.6) is 0 Å². The van der Waals surface area contributed by atoms with Gasteiger partial charge in [-0.2, -0.15) is 20.2 Å². The van der Waals surface area contributed by atoms with E-state index in [1.807, 2.05) is 0 Å². The molecule has 8 nitrogen and oxygen atoms in total. The number of nitrogens with one attached hydrogen (secondary N) is 1. The summed E-state index contributed by atoms with van der Waals surface area (Å²) in [5, 5.41) is 11.6. The van der Waals surface area contributed by atoms with Gasteiger partial charge in [-0.3, -0.25) is 4.79 Å². The molecule has 23 heavy (non-hydrogen) atoms. The number of nitrogens with two attached hydrogens (primary N) is 1. The van der Waals surface area contributed by atoms with Gasteiger partial charge in [0.1, 0.15) is 5.82 Å². The molecule has 2 rings (SSSR count). The van der Waals surface area contributed by atoms with Gasteiger partial charge in [0.25, 0.3) is 0 Å². The molecule has 1 aromatic carbocycles.